The maximum Gasteiger partial charge on any atom is 0.354 e. The summed E-state index contributed by atoms with van der Waals surface area (Å²) >= 11 is 0. The average Bonchev–Trinajstić information content (AvgIpc) is 2.91. The molecule has 1 aliphatic rings. The molecule has 0 spiro atoms. The number of nitro groups is 1. The third-order valence-electron chi connectivity index (χ3n) is 3.42. The Balaban J connectivity index is 2.11. The van der Waals surface area contributed by atoms with Crippen LogP contribution in [0.3, 0.4) is 0 Å². The highest BCUT2D eigenvalue weighted by Crippen LogP contribution is 2.29. The monoisotopic (exact) mass is 282 g/mol. The molecule has 0 amide bonds. The van der Waals surface area contributed by atoms with Gasteiger partial charge in [-0.3, -0.25) is 10.1 Å². The molecule has 1 fully saturated rings. The number of nitrogens with two attached hydrogens (primary N) is 1. The van der Waals surface area contributed by atoms with Crippen molar-refractivity contribution < 1.29 is 9.66 Å². The first-order chi connectivity index (χ1) is 9.67. The van der Waals surface area contributed by atoms with E-state index in [1.54, 1.807) is 0 Å². The van der Waals surface area contributed by atoms with Crippen molar-refractivity contribution in [1.29, 1.82) is 0 Å². The molecular weight excluding hydrogens is 264 g/mol. The number of hydrogen-bond acceptors (Lipinski definition) is 8. The van der Waals surface area contributed by atoms with Crippen LogP contribution >= 0.6 is 0 Å². The fourth-order valence-electron chi connectivity index (χ4n) is 2.39. The minimum atomic E-state index is -0.556. The Hall–Kier alpha value is -2.00. The normalized spacial score (nSPS) is 21.7. The lowest BCUT2D eigenvalue weighted by atomic mass is 10.00. The van der Waals surface area contributed by atoms with Crippen LogP contribution in [0.2, 0.25) is 0 Å². The first-order valence-corrected chi connectivity index (χ1v) is 6.48. The van der Waals surface area contributed by atoms with Gasteiger partial charge in [0.05, 0.1) is 11.0 Å². The topological polar surface area (TPSA) is 128 Å². The summed E-state index contributed by atoms with van der Waals surface area (Å²) in [5.41, 5.74) is 1.96. The van der Waals surface area contributed by atoms with Gasteiger partial charge in [-0.15, -0.1) is 0 Å². The Morgan fingerprint density at radius 2 is 2.30 bits per heavy atom. The standard InChI is InChI=1S/C11H18N6O3/c1-2-8-7(3-4-20-8)5-13-10-9(17(18)19)11(16-12)15-6-14-10/h6-8H,2-5,12H2,1H3,(H2,13,14,15,16). The first-order valence-electron chi connectivity index (χ1n) is 6.48. The van der Waals surface area contributed by atoms with Gasteiger partial charge in [-0.25, -0.2) is 15.8 Å². The maximum absolute atomic E-state index is 11.1. The zero-order valence-electron chi connectivity index (χ0n) is 11.2. The third kappa shape index (κ3) is 2.94. The summed E-state index contributed by atoms with van der Waals surface area (Å²) in [7, 11) is 0. The minimum absolute atomic E-state index is 0.0118. The van der Waals surface area contributed by atoms with E-state index in [4.69, 9.17) is 10.6 Å². The highest BCUT2D eigenvalue weighted by molar-refractivity contribution is 5.68. The van der Waals surface area contributed by atoms with Crippen LogP contribution in [0.5, 0.6) is 0 Å². The van der Waals surface area contributed by atoms with Gasteiger partial charge >= 0.3 is 5.69 Å². The van der Waals surface area contributed by atoms with E-state index in [-0.39, 0.29) is 23.4 Å². The van der Waals surface area contributed by atoms with E-state index in [9.17, 15) is 10.1 Å². The molecule has 2 rings (SSSR count). The third-order valence-corrected chi connectivity index (χ3v) is 3.42. The largest absolute Gasteiger partial charge is 0.378 e. The Bertz CT molecular complexity index is 483. The van der Waals surface area contributed by atoms with Gasteiger partial charge in [-0.2, -0.15) is 0 Å². The van der Waals surface area contributed by atoms with Gasteiger partial charge in [0, 0.05) is 19.1 Å². The maximum atomic E-state index is 11.1. The molecule has 2 unspecified atom stereocenters. The lowest BCUT2D eigenvalue weighted by molar-refractivity contribution is -0.383. The molecule has 110 valence electrons. The van der Waals surface area contributed by atoms with Crippen molar-refractivity contribution in [3.8, 4) is 0 Å². The van der Waals surface area contributed by atoms with E-state index in [0.717, 1.165) is 19.4 Å². The Morgan fingerprint density at radius 1 is 1.55 bits per heavy atom. The molecule has 1 aromatic heterocycles. The molecule has 2 heterocycles. The van der Waals surface area contributed by atoms with Crippen LogP contribution in [-0.4, -0.2) is 34.1 Å². The second-order valence-corrected chi connectivity index (χ2v) is 4.57. The van der Waals surface area contributed by atoms with E-state index in [1.165, 1.54) is 6.33 Å². The van der Waals surface area contributed by atoms with Crippen LogP contribution in [-0.2, 0) is 4.74 Å². The molecule has 1 aliphatic heterocycles. The molecule has 0 aliphatic carbocycles. The summed E-state index contributed by atoms with van der Waals surface area (Å²) in [6.07, 6.45) is 3.28. The van der Waals surface area contributed by atoms with E-state index in [1.807, 2.05) is 0 Å². The molecule has 0 aromatic carbocycles. The van der Waals surface area contributed by atoms with Gasteiger partial charge < -0.3 is 15.5 Å². The summed E-state index contributed by atoms with van der Waals surface area (Å²) in [5, 5.41) is 14.1. The van der Waals surface area contributed by atoms with Gasteiger partial charge in [0.25, 0.3) is 0 Å². The van der Waals surface area contributed by atoms with E-state index in [2.05, 4.69) is 27.6 Å². The fraction of sp³-hybridized carbons (Fsp3) is 0.636. The van der Waals surface area contributed by atoms with Gasteiger partial charge in [-0.1, -0.05) is 6.92 Å². The van der Waals surface area contributed by atoms with Crippen molar-refractivity contribution in [2.45, 2.75) is 25.9 Å². The minimum Gasteiger partial charge on any atom is -0.378 e. The predicted octanol–water partition coefficient (Wildman–Crippen LogP) is 0.897. The van der Waals surface area contributed by atoms with Crippen LogP contribution in [0.25, 0.3) is 0 Å². The smallest absolute Gasteiger partial charge is 0.354 e. The summed E-state index contributed by atoms with van der Waals surface area (Å²) in [5.74, 6) is 5.70. The average molecular weight is 282 g/mol. The SMILES string of the molecule is CCC1OCCC1CNc1ncnc(NN)c1[N+](=O)[O-]. The number of nitrogens with one attached hydrogen (secondary N) is 2. The molecule has 9 heteroatoms. The van der Waals surface area contributed by atoms with E-state index in [0.29, 0.717) is 12.5 Å². The number of anilines is 2. The first kappa shape index (κ1) is 14.4. The number of ether oxygens (including phenoxy) is 1. The molecule has 0 saturated carbocycles. The quantitative estimate of drug-likeness (QED) is 0.399. The number of hydrogen-bond donors (Lipinski definition) is 3. The van der Waals surface area contributed by atoms with Crippen molar-refractivity contribution in [2.75, 3.05) is 23.9 Å². The van der Waals surface area contributed by atoms with E-state index >= 15 is 0 Å². The number of nitrogens with zero attached hydrogens (tertiary/aromatic N) is 3. The predicted molar refractivity (Wildman–Crippen MR) is 73.1 cm³/mol. The second kappa shape index (κ2) is 6.44. The Kier molecular flexibility index (Phi) is 4.64. The number of aromatic nitrogens is 2. The zero-order valence-corrected chi connectivity index (χ0v) is 11.2. The Labute approximate surface area is 116 Å². The summed E-state index contributed by atoms with van der Waals surface area (Å²) in [6, 6.07) is 0. The molecule has 9 nitrogen and oxygen atoms in total. The second-order valence-electron chi connectivity index (χ2n) is 4.57. The van der Waals surface area contributed by atoms with Gasteiger partial charge in [-0.05, 0) is 12.8 Å². The zero-order chi connectivity index (χ0) is 14.5. The molecular formula is C11H18N6O3. The molecule has 0 bridgehead atoms. The highest BCUT2D eigenvalue weighted by Gasteiger charge is 2.28. The van der Waals surface area contributed by atoms with Crippen molar-refractivity contribution >= 4 is 17.3 Å². The van der Waals surface area contributed by atoms with E-state index < -0.39 is 4.92 Å². The van der Waals surface area contributed by atoms with Crippen molar-refractivity contribution in [3.05, 3.63) is 16.4 Å². The van der Waals surface area contributed by atoms with Crippen molar-refractivity contribution in [1.82, 2.24) is 9.97 Å². The van der Waals surface area contributed by atoms with Crippen molar-refractivity contribution in [2.24, 2.45) is 11.8 Å². The van der Waals surface area contributed by atoms with Crippen molar-refractivity contribution in [3.63, 3.8) is 0 Å². The van der Waals surface area contributed by atoms with Gasteiger partial charge in [0.1, 0.15) is 6.33 Å². The molecule has 4 N–H and O–H groups in total. The summed E-state index contributed by atoms with van der Waals surface area (Å²) in [4.78, 5) is 18.2. The number of rotatable bonds is 6. The molecule has 2 atom stereocenters. The summed E-state index contributed by atoms with van der Waals surface area (Å²) < 4.78 is 5.59. The van der Waals surface area contributed by atoms with Crippen LogP contribution < -0.4 is 16.6 Å². The lowest BCUT2D eigenvalue weighted by Gasteiger charge is -2.17. The van der Waals surface area contributed by atoms with Crippen LogP contribution in [0.1, 0.15) is 19.8 Å². The van der Waals surface area contributed by atoms with Crippen LogP contribution in [0.15, 0.2) is 6.33 Å². The molecule has 0 radical (unpaired) electrons. The molecule has 1 saturated heterocycles. The fourth-order valence-corrected chi connectivity index (χ4v) is 2.39. The van der Waals surface area contributed by atoms with Gasteiger partial charge in [0.15, 0.2) is 0 Å². The lowest BCUT2D eigenvalue weighted by Crippen LogP contribution is -2.23. The molecule has 1 aromatic rings. The molecule has 20 heavy (non-hydrogen) atoms. The van der Waals surface area contributed by atoms with Gasteiger partial charge in [0.2, 0.25) is 11.6 Å². The van der Waals surface area contributed by atoms with Crippen LogP contribution in [0, 0.1) is 16.0 Å². The number of hydrazine groups is 1. The number of nitrogen functional groups attached to an aromatic ring is 1. The summed E-state index contributed by atoms with van der Waals surface area (Å²) in [6.45, 7) is 3.36. The van der Waals surface area contributed by atoms with Crippen LogP contribution in [0.4, 0.5) is 17.3 Å². The Morgan fingerprint density at radius 3 is 2.95 bits per heavy atom. The highest BCUT2D eigenvalue weighted by atomic mass is 16.6.